The normalized spacial score (nSPS) is 36.8. The second-order valence-corrected chi connectivity index (χ2v) is 7.85. The van der Waals surface area contributed by atoms with Crippen LogP contribution >= 0.6 is 0 Å². The highest BCUT2D eigenvalue weighted by atomic mass is 32.2. The molecule has 3 rings (SSSR count). The molecule has 0 spiro atoms. The van der Waals surface area contributed by atoms with Crippen LogP contribution in [-0.4, -0.2) is 38.9 Å². The van der Waals surface area contributed by atoms with Gasteiger partial charge in [-0.05, 0) is 43.4 Å². The summed E-state index contributed by atoms with van der Waals surface area (Å²) in [4.78, 5) is 14.4. The summed E-state index contributed by atoms with van der Waals surface area (Å²) < 4.78 is 24.2. The minimum atomic E-state index is -3.63. The number of nitrogens with one attached hydrogen (secondary N) is 1. The average molecular weight is 301 g/mol. The van der Waals surface area contributed by atoms with E-state index in [9.17, 15) is 13.2 Å². The SMILES string of the molecule is NS(=O)(=O)NCC1CCCN(C(=O)C2C3CCCC32)C1. The van der Waals surface area contributed by atoms with Gasteiger partial charge in [0, 0.05) is 25.6 Å². The molecule has 0 radical (unpaired) electrons. The van der Waals surface area contributed by atoms with Crippen molar-refractivity contribution >= 4 is 16.1 Å². The minimum absolute atomic E-state index is 0.185. The molecule has 3 aliphatic rings. The number of hydrogen-bond donors (Lipinski definition) is 2. The Morgan fingerprint density at radius 1 is 1.20 bits per heavy atom. The van der Waals surface area contributed by atoms with E-state index in [0.717, 1.165) is 19.4 Å². The van der Waals surface area contributed by atoms with Crippen molar-refractivity contribution in [3.05, 3.63) is 0 Å². The van der Waals surface area contributed by atoms with Gasteiger partial charge in [0.15, 0.2) is 0 Å². The number of rotatable bonds is 4. The maximum atomic E-state index is 12.5. The third kappa shape index (κ3) is 2.99. The first kappa shape index (κ1) is 14.3. The second-order valence-electron chi connectivity index (χ2n) is 6.47. The molecule has 3 unspecified atom stereocenters. The van der Waals surface area contributed by atoms with Gasteiger partial charge in [0.25, 0.3) is 10.2 Å². The van der Waals surface area contributed by atoms with Crippen LogP contribution in [0, 0.1) is 23.7 Å². The van der Waals surface area contributed by atoms with E-state index in [0.29, 0.717) is 30.8 Å². The highest BCUT2D eigenvalue weighted by molar-refractivity contribution is 7.87. The number of carbonyl (C=O) groups is 1. The number of nitrogens with two attached hydrogens (primary N) is 1. The molecular formula is C13H23N3O3S. The Morgan fingerprint density at radius 2 is 1.90 bits per heavy atom. The maximum absolute atomic E-state index is 12.5. The van der Waals surface area contributed by atoms with Gasteiger partial charge >= 0.3 is 0 Å². The summed E-state index contributed by atoms with van der Waals surface area (Å²) in [5, 5.41) is 4.95. The lowest BCUT2D eigenvalue weighted by Crippen LogP contribution is -2.45. The summed E-state index contributed by atoms with van der Waals surface area (Å²) in [5.74, 6) is 2.05. The molecule has 7 heteroatoms. The van der Waals surface area contributed by atoms with Crippen LogP contribution in [0.3, 0.4) is 0 Å². The zero-order valence-corrected chi connectivity index (χ0v) is 12.4. The smallest absolute Gasteiger partial charge is 0.274 e. The van der Waals surface area contributed by atoms with Gasteiger partial charge in [-0.1, -0.05) is 6.42 Å². The third-order valence-electron chi connectivity index (χ3n) is 5.10. The first-order valence-corrected chi connectivity index (χ1v) is 9.06. The van der Waals surface area contributed by atoms with E-state index >= 15 is 0 Å². The third-order valence-corrected chi connectivity index (χ3v) is 5.66. The molecule has 1 saturated heterocycles. The molecule has 0 bridgehead atoms. The number of piperidine rings is 1. The monoisotopic (exact) mass is 301 g/mol. The summed E-state index contributed by atoms with van der Waals surface area (Å²) in [6.07, 6.45) is 5.60. The second kappa shape index (κ2) is 5.27. The van der Waals surface area contributed by atoms with Gasteiger partial charge in [-0.15, -0.1) is 0 Å². The van der Waals surface area contributed by atoms with Crippen molar-refractivity contribution in [2.24, 2.45) is 28.8 Å². The van der Waals surface area contributed by atoms with E-state index in [1.165, 1.54) is 19.3 Å². The molecule has 6 nitrogen and oxygen atoms in total. The van der Waals surface area contributed by atoms with Crippen LogP contribution in [-0.2, 0) is 15.0 Å². The van der Waals surface area contributed by atoms with Gasteiger partial charge in [0.05, 0.1) is 0 Å². The molecule has 3 fully saturated rings. The zero-order valence-electron chi connectivity index (χ0n) is 11.6. The van der Waals surface area contributed by atoms with Crippen LogP contribution in [0.2, 0.25) is 0 Å². The van der Waals surface area contributed by atoms with Crippen molar-refractivity contribution in [2.45, 2.75) is 32.1 Å². The van der Waals surface area contributed by atoms with Crippen LogP contribution in [0.25, 0.3) is 0 Å². The zero-order chi connectivity index (χ0) is 14.3. The van der Waals surface area contributed by atoms with E-state index in [4.69, 9.17) is 5.14 Å². The lowest BCUT2D eigenvalue weighted by molar-refractivity contribution is -0.135. The van der Waals surface area contributed by atoms with Gasteiger partial charge in [-0.2, -0.15) is 8.42 Å². The lowest BCUT2D eigenvalue weighted by atomic mass is 9.97. The van der Waals surface area contributed by atoms with Gasteiger partial charge < -0.3 is 4.90 Å². The number of hydrogen-bond acceptors (Lipinski definition) is 3. The van der Waals surface area contributed by atoms with Crippen LogP contribution in [0.4, 0.5) is 0 Å². The topological polar surface area (TPSA) is 92.5 Å². The lowest BCUT2D eigenvalue weighted by Gasteiger charge is -2.33. The summed E-state index contributed by atoms with van der Waals surface area (Å²) in [6, 6.07) is 0. The predicted octanol–water partition coefficient (Wildman–Crippen LogP) is 0.0642. The fraction of sp³-hybridized carbons (Fsp3) is 0.923. The van der Waals surface area contributed by atoms with Gasteiger partial charge in [-0.25, -0.2) is 9.86 Å². The molecule has 2 saturated carbocycles. The highest BCUT2D eigenvalue weighted by Gasteiger charge is 2.57. The molecule has 0 aromatic rings. The van der Waals surface area contributed by atoms with Gasteiger partial charge in [-0.3, -0.25) is 4.79 Å². The quantitative estimate of drug-likeness (QED) is 0.769. The molecule has 20 heavy (non-hydrogen) atoms. The Balaban J connectivity index is 1.51. The van der Waals surface area contributed by atoms with Crippen molar-refractivity contribution < 1.29 is 13.2 Å². The fourth-order valence-electron chi connectivity index (χ4n) is 4.06. The summed E-state index contributed by atoms with van der Waals surface area (Å²) in [7, 11) is -3.63. The summed E-state index contributed by atoms with van der Waals surface area (Å²) >= 11 is 0. The molecule has 114 valence electrons. The van der Waals surface area contributed by atoms with E-state index in [-0.39, 0.29) is 11.8 Å². The Morgan fingerprint density at radius 3 is 2.55 bits per heavy atom. The molecule has 3 atom stereocenters. The summed E-state index contributed by atoms with van der Waals surface area (Å²) in [6.45, 7) is 1.82. The van der Waals surface area contributed by atoms with Crippen LogP contribution in [0.5, 0.6) is 0 Å². The van der Waals surface area contributed by atoms with Gasteiger partial charge in [0.2, 0.25) is 5.91 Å². The molecule has 0 aromatic carbocycles. The number of amides is 1. The molecule has 1 heterocycles. The van der Waals surface area contributed by atoms with Crippen LogP contribution in [0.15, 0.2) is 0 Å². The van der Waals surface area contributed by atoms with E-state index < -0.39 is 10.2 Å². The Labute approximate surface area is 120 Å². The molecule has 3 N–H and O–H groups in total. The summed E-state index contributed by atoms with van der Waals surface area (Å²) in [5.41, 5.74) is 0. The van der Waals surface area contributed by atoms with Crippen molar-refractivity contribution in [2.75, 3.05) is 19.6 Å². The molecule has 0 aromatic heterocycles. The first-order valence-electron chi connectivity index (χ1n) is 7.52. The van der Waals surface area contributed by atoms with Gasteiger partial charge in [0.1, 0.15) is 0 Å². The van der Waals surface area contributed by atoms with Crippen molar-refractivity contribution in [3.8, 4) is 0 Å². The van der Waals surface area contributed by atoms with E-state index in [1.54, 1.807) is 0 Å². The van der Waals surface area contributed by atoms with Crippen molar-refractivity contribution in [1.29, 1.82) is 0 Å². The number of fused-ring (bicyclic) bond motifs is 1. The Kier molecular flexibility index (Phi) is 3.77. The molecular weight excluding hydrogens is 278 g/mol. The fourth-order valence-corrected chi connectivity index (χ4v) is 4.53. The van der Waals surface area contributed by atoms with Crippen LogP contribution < -0.4 is 9.86 Å². The Bertz CT molecular complexity index is 483. The molecule has 1 amide bonds. The minimum Gasteiger partial charge on any atom is -0.342 e. The number of likely N-dealkylation sites (tertiary alicyclic amines) is 1. The van der Waals surface area contributed by atoms with E-state index in [2.05, 4.69) is 4.72 Å². The standard InChI is InChI=1S/C13H23N3O3S/c14-20(18,19)15-7-9-3-2-6-16(8-9)13(17)12-10-4-1-5-11(10)12/h9-12,15H,1-8H2,(H2,14,18,19). The molecule has 1 aliphatic heterocycles. The maximum Gasteiger partial charge on any atom is 0.274 e. The highest BCUT2D eigenvalue weighted by Crippen LogP contribution is 2.58. The van der Waals surface area contributed by atoms with Crippen LogP contribution in [0.1, 0.15) is 32.1 Å². The predicted molar refractivity (Wildman–Crippen MR) is 74.7 cm³/mol. The number of carbonyl (C=O) groups excluding carboxylic acids is 1. The first-order chi connectivity index (χ1) is 9.46. The Hall–Kier alpha value is -0.660. The molecule has 2 aliphatic carbocycles. The average Bonchev–Trinajstić information content (AvgIpc) is 2.87. The van der Waals surface area contributed by atoms with E-state index in [1.807, 2.05) is 4.90 Å². The van der Waals surface area contributed by atoms with Crippen molar-refractivity contribution in [1.82, 2.24) is 9.62 Å². The largest absolute Gasteiger partial charge is 0.342 e. The number of nitrogens with zero attached hydrogens (tertiary/aromatic N) is 1. The van der Waals surface area contributed by atoms with Crippen molar-refractivity contribution in [3.63, 3.8) is 0 Å².